The van der Waals surface area contributed by atoms with Gasteiger partial charge in [0.05, 0.1) is 14.2 Å². The van der Waals surface area contributed by atoms with Gasteiger partial charge in [0.15, 0.2) is 11.5 Å². The quantitative estimate of drug-likeness (QED) is 0.523. The van der Waals surface area contributed by atoms with Crippen LogP contribution in [-0.4, -0.2) is 50.3 Å². The van der Waals surface area contributed by atoms with Gasteiger partial charge in [-0.2, -0.15) is 0 Å². The number of aryl methyl sites for hydroxylation is 1. The van der Waals surface area contributed by atoms with Crippen LogP contribution in [0.3, 0.4) is 0 Å². The maximum atomic E-state index is 12.8. The van der Waals surface area contributed by atoms with Crippen molar-refractivity contribution in [2.24, 2.45) is 0 Å². The minimum atomic E-state index is -0.172. The van der Waals surface area contributed by atoms with Gasteiger partial charge < -0.3 is 20.1 Å². The molecule has 2 N–H and O–H groups in total. The number of nitrogens with one attached hydrogen (secondary N) is 2. The summed E-state index contributed by atoms with van der Waals surface area (Å²) in [6.45, 7) is 6.34. The molecule has 6 nitrogen and oxygen atoms in total. The van der Waals surface area contributed by atoms with Crippen molar-refractivity contribution in [1.29, 1.82) is 0 Å². The minimum absolute atomic E-state index is 0.0624. The number of amides is 2. The molecule has 1 aliphatic heterocycles. The van der Waals surface area contributed by atoms with Crippen LogP contribution in [-0.2, 0) is 5.41 Å². The number of hydrogen-bond acceptors (Lipinski definition) is 4. The number of likely N-dealkylation sites (tertiary alicyclic amines) is 1. The summed E-state index contributed by atoms with van der Waals surface area (Å²) < 4.78 is 11.1. The lowest BCUT2D eigenvalue weighted by molar-refractivity contribution is 0.136. The summed E-state index contributed by atoms with van der Waals surface area (Å²) in [5, 5.41) is 6.83. The van der Waals surface area contributed by atoms with Gasteiger partial charge in [-0.3, -0.25) is 4.90 Å². The van der Waals surface area contributed by atoms with Crippen molar-refractivity contribution in [3.8, 4) is 11.5 Å². The average molecular weight is 486 g/mol. The van der Waals surface area contributed by atoms with Gasteiger partial charge in [-0.1, -0.05) is 30.7 Å². The zero-order chi connectivity index (χ0) is 24.3. The SMILES string of the molecule is CCCN1CC[C@]2(c3ccc(OC)c(OC)c3)CC[C@@H](NC(=O)Nc3cc(Cl)ccc3C)C[C@H]12. The molecule has 2 aromatic rings. The lowest BCUT2D eigenvalue weighted by Gasteiger charge is -2.45. The van der Waals surface area contributed by atoms with Crippen molar-refractivity contribution in [3.63, 3.8) is 0 Å². The fourth-order valence-electron chi connectivity index (χ4n) is 5.89. The number of methoxy groups -OCH3 is 2. The van der Waals surface area contributed by atoms with E-state index in [0.29, 0.717) is 11.1 Å². The fraction of sp³-hybridized carbons (Fsp3) is 0.519. The molecule has 2 fully saturated rings. The van der Waals surface area contributed by atoms with E-state index in [1.165, 1.54) is 5.56 Å². The van der Waals surface area contributed by atoms with E-state index in [1.54, 1.807) is 20.3 Å². The number of nitrogens with zero attached hydrogens (tertiary/aromatic N) is 1. The van der Waals surface area contributed by atoms with Crippen LogP contribution < -0.4 is 20.1 Å². The summed E-state index contributed by atoms with van der Waals surface area (Å²) >= 11 is 6.12. The molecule has 7 heteroatoms. The standard InChI is InChI=1S/C27H36ClN3O3/c1-5-13-31-14-12-27(19-7-9-23(33-3)24(15-19)34-4)11-10-21(17-25(27)31)29-26(32)30-22-16-20(28)8-6-18(22)2/h6-9,15-16,21,25H,5,10-14,17H2,1-4H3,(H2,29,30,32)/t21-,25+,27+/m1/s1. The van der Waals surface area contributed by atoms with Gasteiger partial charge >= 0.3 is 6.03 Å². The van der Waals surface area contributed by atoms with Crippen LogP contribution in [0, 0.1) is 6.92 Å². The highest BCUT2D eigenvalue weighted by Gasteiger charge is 2.51. The molecule has 2 aromatic carbocycles. The van der Waals surface area contributed by atoms with E-state index >= 15 is 0 Å². The van der Waals surface area contributed by atoms with Gasteiger partial charge in [-0.05, 0) is 87.5 Å². The Bertz CT molecular complexity index is 1030. The van der Waals surface area contributed by atoms with Crippen molar-refractivity contribution in [2.45, 2.75) is 63.5 Å². The molecule has 0 spiro atoms. The van der Waals surface area contributed by atoms with E-state index in [2.05, 4.69) is 34.6 Å². The van der Waals surface area contributed by atoms with Crippen molar-refractivity contribution in [1.82, 2.24) is 10.2 Å². The first-order chi connectivity index (χ1) is 16.4. The third kappa shape index (κ3) is 4.84. The number of halogens is 1. The monoisotopic (exact) mass is 485 g/mol. The number of carbonyl (C=O) groups excluding carboxylic acids is 1. The highest BCUT2D eigenvalue weighted by atomic mass is 35.5. The molecule has 2 aliphatic rings. The van der Waals surface area contributed by atoms with E-state index in [9.17, 15) is 4.79 Å². The molecular weight excluding hydrogens is 450 g/mol. The number of benzene rings is 2. The highest BCUT2D eigenvalue weighted by Crippen LogP contribution is 2.50. The minimum Gasteiger partial charge on any atom is -0.493 e. The van der Waals surface area contributed by atoms with E-state index in [0.717, 1.165) is 67.9 Å². The van der Waals surface area contributed by atoms with Crippen LogP contribution in [0.1, 0.15) is 50.2 Å². The Morgan fingerprint density at radius 1 is 1.15 bits per heavy atom. The van der Waals surface area contributed by atoms with Crippen molar-refractivity contribution in [2.75, 3.05) is 32.6 Å². The Kier molecular flexibility index (Phi) is 7.58. The predicted molar refractivity (Wildman–Crippen MR) is 137 cm³/mol. The van der Waals surface area contributed by atoms with Crippen LogP contribution in [0.5, 0.6) is 11.5 Å². The maximum Gasteiger partial charge on any atom is 0.319 e. The lowest BCUT2D eigenvalue weighted by atomic mass is 9.65. The Labute approximate surface area is 208 Å². The van der Waals surface area contributed by atoms with E-state index in [1.807, 2.05) is 25.1 Å². The summed E-state index contributed by atoms with van der Waals surface area (Å²) in [6, 6.07) is 12.2. The average Bonchev–Trinajstić information content (AvgIpc) is 3.20. The van der Waals surface area contributed by atoms with E-state index < -0.39 is 0 Å². The third-order valence-corrected chi connectivity index (χ3v) is 7.86. The number of ether oxygens (including phenoxy) is 2. The largest absolute Gasteiger partial charge is 0.493 e. The molecule has 3 atom stereocenters. The van der Waals surface area contributed by atoms with Gasteiger partial charge in [0, 0.05) is 28.2 Å². The highest BCUT2D eigenvalue weighted by molar-refractivity contribution is 6.31. The summed E-state index contributed by atoms with van der Waals surface area (Å²) in [6.07, 6.45) is 5.12. The van der Waals surface area contributed by atoms with Gasteiger partial charge in [0.2, 0.25) is 0 Å². The summed E-state index contributed by atoms with van der Waals surface area (Å²) in [7, 11) is 3.36. The Balaban J connectivity index is 1.53. The van der Waals surface area contributed by atoms with Gasteiger partial charge in [-0.25, -0.2) is 4.79 Å². The Hall–Kier alpha value is -2.44. The molecule has 0 unspecified atom stereocenters. The van der Waals surface area contributed by atoms with Crippen LogP contribution >= 0.6 is 11.6 Å². The topological polar surface area (TPSA) is 62.8 Å². The van der Waals surface area contributed by atoms with Crippen molar-refractivity contribution >= 4 is 23.3 Å². The molecule has 0 radical (unpaired) electrons. The first-order valence-corrected chi connectivity index (χ1v) is 12.6. The molecule has 1 heterocycles. The van der Waals surface area contributed by atoms with Crippen LogP contribution in [0.2, 0.25) is 5.02 Å². The zero-order valence-electron chi connectivity index (χ0n) is 20.6. The number of rotatable bonds is 7. The Morgan fingerprint density at radius 2 is 1.94 bits per heavy atom. The van der Waals surface area contributed by atoms with Crippen LogP contribution in [0.25, 0.3) is 0 Å². The van der Waals surface area contributed by atoms with Gasteiger partial charge in [0.25, 0.3) is 0 Å². The molecule has 2 amide bonds. The molecule has 0 bridgehead atoms. The summed E-state index contributed by atoms with van der Waals surface area (Å²) in [5.41, 5.74) is 3.10. The molecule has 1 aliphatic carbocycles. The van der Waals surface area contributed by atoms with E-state index in [-0.39, 0.29) is 17.5 Å². The predicted octanol–water partition coefficient (Wildman–Crippen LogP) is 5.76. The normalized spacial score (nSPS) is 24.4. The van der Waals surface area contributed by atoms with Gasteiger partial charge in [-0.15, -0.1) is 0 Å². The molecule has 4 rings (SSSR count). The molecule has 184 valence electrons. The second-order valence-electron chi connectivity index (χ2n) is 9.56. The maximum absolute atomic E-state index is 12.8. The molecule has 1 saturated heterocycles. The number of carbonyl (C=O) groups is 1. The van der Waals surface area contributed by atoms with E-state index in [4.69, 9.17) is 21.1 Å². The smallest absolute Gasteiger partial charge is 0.319 e. The second-order valence-corrected chi connectivity index (χ2v) is 9.99. The fourth-order valence-corrected chi connectivity index (χ4v) is 6.06. The molecule has 1 saturated carbocycles. The number of anilines is 1. The first kappa shape index (κ1) is 24.7. The van der Waals surface area contributed by atoms with Crippen LogP contribution in [0.15, 0.2) is 36.4 Å². The lowest BCUT2D eigenvalue weighted by Crippen LogP contribution is -2.53. The third-order valence-electron chi connectivity index (χ3n) is 7.62. The van der Waals surface area contributed by atoms with Crippen molar-refractivity contribution < 1.29 is 14.3 Å². The first-order valence-electron chi connectivity index (χ1n) is 12.2. The van der Waals surface area contributed by atoms with Gasteiger partial charge in [0.1, 0.15) is 0 Å². The van der Waals surface area contributed by atoms with Crippen molar-refractivity contribution in [3.05, 3.63) is 52.5 Å². The number of fused-ring (bicyclic) bond motifs is 1. The number of hydrogen-bond donors (Lipinski definition) is 2. The molecule has 0 aromatic heterocycles. The molecule has 34 heavy (non-hydrogen) atoms. The zero-order valence-corrected chi connectivity index (χ0v) is 21.4. The second kappa shape index (κ2) is 10.4. The number of urea groups is 1. The summed E-state index contributed by atoms with van der Waals surface area (Å²) in [5.74, 6) is 1.53. The van der Waals surface area contributed by atoms with Crippen LogP contribution in [0.4, 0.5) is 10.5 Å². The molecular formula is C27H36ClN3O3. The Morgan fingerprint density at radius 3 is 2.68 bits per heavy atom. The summed E-state index contributed by atoms with van der Waals surface area (Å²) in [4.78, 5) is 15.5.